The molecule has 7 heteroatoms. The van der Waals surface area contributed by atoms with E-state index >= 15 is 0 Å². The second kappa shape index (κ2) is 5.53. The molecule has 5 nitrogen and oxygen atoms in total. The SMILES string of the molecule is Cc1cc([N+](=O)[O-])ccc1N1CC(I)c2cc(Br)cnc21. The highest BCUT2D eigenvalue weighted by molar-refractivity contribution is 14.1. The minimum atomic E-state index is -0.370. The molecule has 1 aromatic carbocycles. The molecular formula is C14H11BrIN3O2. The molecule has 1 aliphatic heterocycles. The predicted octanol–water partition coefficient (Wildman–Crippen LogP) is 4.69. The van der Waals surface area contributed by atoms with E-state index in [9.17, 15) is 10.1 Å². The lowest BCUT2D eigenvalue weighted by atomic mass is 10.1. The predicted molar refractivity (Wildman–Crippen MR) is 93.5 cm³/mol. The molecule has 0 amide bonds. The van der Waals surface area contributed by atoms with Crippen molar-refractivity contribution < 1.29 is 4.92 Å². The van der Waals surface area contributed by atoms with Crippen molar-refractivity contribution in [1.82, 2.24) is 4.98 Å². The fourth-order valence-corrected chi connectivity index (χ4v) is 3.72. The van der Waals surface area contributed by atoms with Crippen molar-refractivity contribution in [1.29, 1.82) is 0 Å². The van der Waals surface area contributed by atoms with Gasteiger partial charge in [-0.3, -0.25) is 10.1 Å². The summed E-state index contributed by atoms with van der Waals surface area (Å²) in [5.74, 6) is 0.926. The highest BCUT2D eigenvalue weighted by atomic mass is 127. The van der Waals surface area contributed by atoms with Gasteiger partial charge in [0.2, 0.25) is 0 Å². The Morgan fingerprint density at radius 2 is 2.24 bits per heavy atom. The quantitative estimate of drug-likeness (QED) is 0.283. The van der Waals surface area contributed by atoms with Crippen LogP contribution >= 0.6 is 38.5 Å². The molecular weight excluding hydrogens is 449 g/mol. The van der Waals surface area contributed by atoms with Crippen molar-refractivity contribution >= 4 is 55.7 Å². The molecule has 0 saturated carbocycles. The number of fused-ring (bicyclic) bond motifs is 1. The molecule has 1 unspecified atom stereocenters. The molecule has 2 heterocycles. The van der Waals surface area contributed by atoms with Gasteiger partial charge in [-0.1, -0.05) is 22.6 Å². The molecule has 3 rings (SSSR count). The third-order valence-electron chi connectivity index (χ3n) is 3.48. The zero-order valence-electron chi connectivity index (χ0n) is 11.1. The Bertz CT molecular complexity index is 738. The number of benzene rings is 1. The lowest BCUT2D eigenvalue weighted by Gasteiger charge is -2.20. The van der Waals surface area contributed by atoms with E-state index in [-0.39, 0.29) is 10.6 Å². The Kier molecular flexibility index (Phi) is 3.87. The summed E-state index contributed by atoms with van der Waals surface area (Å²) in [6.45, 7) is 2.71. The Labute approximate surface area is 143 Å². The zero-order chi connectivity index (χ0) is 15.1. The minimum Gasteiger partial charge on any atom is -0.324 e. The van der Waals surface area contributed by atoms with Crippen LogP contribution in [-0.4, -0.2) is 16.5 Å². The summed E-state index contributed by atoms with van der Waals surface area (Å²) in [7, 11) is 0. The number of pyridine rings is 1. The lowest BCUT2D eigenvalue weighted by Crippen LogP contribution is -2.16. The molecule has 0 spiro atoms. The number of rotatable bonds is 2. The maximum Gasteiger partial charge on any atom is 0.269 e. The van der Waals surface area contributed by atoms with E-state index in [1.165, 1.54) is 5.56 Å². The second-order valence-corrected chi connectivity index (χ2v) is 7.29. The number of nitro benzene ring substituents is 1. The van der Waals surface area contributed by atoms with Gasteiger partial charge in [-0.25, -0.2) is 4.98 Å². The first-order chi connectivity index (χ1) is 9.97. The topological polar surface area (TPSA) is 59.3 Å². The van der Waals surface area contributed by atoms with E-state index in [0.717, 1.165) is 28.1 Å². The first kappa shape index (κ1) is 14.7. The Morgan fingerprint density at radius 1 is 1.48 bits per heavy atom. The smallest absolute Gasteiger partial charge is 0.269 e. The first-order valence-electron chi connectivity index (χ1n) is 6.29. The molecule has 1 aromatic heterocycles. The average molecular weight is 460 g/mol. The van der Waals surface area contributed by atoms with Crippen LogP contribution in [0.4, 0.5) is 17.2 Å². The lowest BCUT2D eigenvalue weighted by molar-refractivity contribution is -0.384. The second-order valence-electron chi connectivity index (χ2n) is 4.87. The Balaban J connectivity index is 2.06. The number of halogens is 2. The van der Waals surface area contributed by atoms with Gasteiger partial charge in [-0.05, 0) is 40.5 Å². The Hall–Kier alpha value is -1.22. The van der Waals surface area contributed by atoms with Crippen LogP contribution in [0.15, 0.2) is 34.9 Å². The summed E-state index contributed by atoms with van der Waals surface area (Å²) in [6, 6.07) is 7.03. The molecule has 0 aliphatic carbocycles. The van der Waals surface area contributed by atoms with Gasteiger partial charge >= 0.3 is 0 Å². The number of alkyl halides is 1. The number of aryl methyl sites for hydroxylation is 1. The maximum absolute atomic E-state index is 10.8. The molecule has 108 valence electrons. The molecule has 0 saturated heterocycles. The van der Waals surface area contributed by atoms with Crippen LogP contribution in [0.1, 0.15) is 15.1 Å². The number of hydrogen-bond donors (Lipinski definition) is 0. The third kappa shape index (κ3) is 2.64. The highest BCUT2D eigenvalue weighted by Crippen LogP contribution is 2.44. The summed E-state index contributed by atoms with van der Waals surface area (Å²) in [5.41, 5.74) is 3.15. The summed E-state index contributed by atoms with van der Waals surface area (Å²) in [4.78, 5) is 17.1. The fourth-order valence-electron chi connectivity index (χ4n) is 2.52. The normalized spacial score (nSPS) is 16.9. The zero-order valence-corrected chi connectivity index (χ0v) is 14.8. The molecule has 0 N–H and O–H groups in total. The molecule has 21 heavy (non-hydrogen) atoms. The van der Waals surface area contributed by atoms with Crippen molar-refractivity contribution in [3.8, 4) is 0 Å². The van der Waals surface area contributed by atoms with Gasteiger partial charge in [-0.15, -0.1) is 0 Å². The Morgan fingerprint density at radius 3 is 2.90 bits per heavy atom. The van der Waals surface area contributed by atoms with Crippen LogP contribution in [0.2, 0.25) is 0 Å². The number of nitro groups is 1. The molecule has 1 atom stereocenters. The van der Waals surface area contributed by atoms with E-state index in [1.54, 1.807) is 24.4 Å². The number of anilines is 2. The maximum atomic E-state index is 10.8. The van der Waals surface area contributed by atoms with Crippen LogP contribution in [0, 0.1) is 17.0 Å². The standard InChI is InChI=1S/C14H11BrIN3O2/c1-8-4-10(19(20)21)2-3-13(8)18-7-12(16)11-5-9(15)6-17-14(11)18/h2-6,12H,7H2,1H3. The van der Waals surface area contributed by atoms with Gasteiger partial charge in [0, 0.05) is 40.6 Å². The summed E-state index contributed by atoms with van der Waals surface area (Å²) in [5, 5.41) is 10.8. The molecule has 2 aromatic rings. The number of non-ortho nitro benzene ring substituents is 1. The van der Waals surface area contributed by atoms with Crippen LogP contribution in [0.3, 0.4) is 0 Å². The monoisotopic (exact) mass is 459 g/mol. The van der Waals surface area contributed by atoms with E-state index in [1.807, 2.05) is 6.92 Å². The highest BCUT2D eigenvalue weighted by Gasteiger charge is 2.30. The van der Waals surface area contributed by atoms with Gasteiger partial charge in [0.15, 0.2) is 0 Å². The van der Waals surface area contributed by atoms with Gasteiger partial charge in [0.25, 0.3) is 5.69 Å². The van der Waals surface area contributed by atoms with E-state index in [2.05, 4.69) is 54.5 Å². The summed E-state index contributed by atoms with van der Waals surface area (Å²) in [6.07, 6.45) is 1.78. The van der Waals surface area contributed by atoms with Gasteiger partial charge in [0.05, 0.1) is 8.85 Å². The summed E-state index contributed by atoms with van der Waals surface area (Å²) < 4.78 is 1.31. The molecule has 0 bridgehead atoms. The number of hydrogen-bond acceptors (Lipinski definition) is 4. The van der Waals surface area contributed by atoms with Crippen LogP contribution < -0.4 is 4.90 Å². The van der Waals surface area contributed by atoms with Gasteiger partial charge < -0.3 is 4.90 Å². The number of aromatic nitrogens is 1. The van der Waals surface area contributed by atoms with Crippen molar-refractivity contribution in [3.05, 3.63) is 56.2 Å². The number of nitrogens with zero attached hydrogens (tertiary/aromatic N) is 3. The van der Waals surface area contributed by atoms with Crippen molar-refractivity contribution in [3.63, 3.8) is 0 Å². The summed E-state index contributed by atoms with van der Waals surface area (Å²) >= 11 is 5.85. The molecule has 0 radical (unpaired) electrons. The fraction of sp³-hybridized carbons (Fsp3) is 0.214. The average Bonchev–Trinajstić information content (AvgIpc) is 2.75. The van der Waals surface area contributed by atoms with E-state index in [0.29, 0.717) is 3.92 Å². The van der Waals surface area contributed by atoms with Crippen molar-refractivity contribution in [2.45, 2.75) is 10.8 Å². The minimum absolute atomic E-state index is 0.116. The third-order valence-corrected chi connectivity index (χ3v) is 4.98. The largest absolute Gasteiger partial charge is 0.324 e. The van der Waals surface area contributed by atoms with Crippen molar-refractivity contribution in [2.75, 3.05) is 11.4 Å². The molecule has 1 aliphatic rings. The van der Waals surface area contributed by atoms with Crippen LogP contribution in [0.25, 0.3) is 0 Å². The van der Waals surface area contributed by atoms with E-state index < -0.39 is 0 Å². The van der Waals surface area contributed by atoms with Gasteiger partial charge in [-0.2, -0.15) is 0 Å². The van der Waals surface area contributed by atoms with Crippen LogP contribution in [-0.2, 0) is 0 Å². The van der Waals surface area contributed by atoms with E-state index in [4.69, 9.17) is 0 Å². The van der Waals surface area contributed by atoms with Gasteiger partial charge in [0.1, 0.15) is 5.82 Å². The van der Waals surface area contributed by atoms with Crippen molar-refractivity contribution in [2.24, 2.45) is 0 Å². The first-order valence-corrected chi connectivity index (χ1v) is 8.33. The molecule has 0 fully saturated rings. The van der Waals surface area contributed by atoms with Crippen LogP contribution in [0.5, 0.6) is 0 Å².